The fourth-order valence-electron chi connectivity index (χ4n) is 1.07. The number of ether oxygens (including phenoxy) is 1. The van der Waals surface area contributed by atoms with E-state index in [0.29, 0.717) is 0 Å². The molecule has 1 heterocycles. The van der Waals surface area contributed by atoms with Crippen molar-refractivity contribution in [3.8, 4) is 5.75 Å². The van der Waals surface area contributed by atoms with E-state index in [1.54, 1.807) is 0 Å². The molecule has 0 radical (unpaired) electrons. The summed E-state index contributed by atoms with van der Waals surface area (Å²) in [6.45, 7) is 0. The summed E-state index contributed by atoms with van der Waals surface area (Å²) in [4.78, 5) is 3.54. The van der Waals surface area contributed by atoms with Crippen molar-refractivity contribution in [3.63, 3.8) is 0 Å². The third-order valence-electron chi connectivity index (χ3n) is 1.67. The molecule has 0 saturated carbocycles. The molecule has 2 nitrogen and oxygen atoms in total. The maximum atomic E-state index is 12.7. The molecule has 0 amide bonds. The normalized spacial score (nSPS) is 12.0. The third kappa shape index (κ3) is 3.80. The largest absolute Gasteiger partial charge is 0.573 e. The molecule has 9 heteroatoms. The smallest absolute Gasteiger partial charge is 0.404 e. The van der Waals surface area contributed by atoms with Crippen LogP contribution in [0.5, 0.6) is 5.75 Å². The van der Waals surface area contributed by atoms with Gasteiger partial charge in [0, 0.05) is 6.20 Å². The van der Waals surface area contributed by atoms with Crippen molar-refractivity contribution in [1.29, 1.82) is 0 Å². The quantitative estimate of drug-likeness (QED) is 0.439. The van der Waals surface area contributed by atoms with Crippen LogP contribution in [-0.4, -0.2) is 11.3 Å². The van der Waals surface area contributed by atoms with Crippen LogP contribution in [0.1, 0.15) is 17.7 Å². The van der Waals surface area contributed by atoms with E-state index in [9.17, 15) is 22.0 Å². The van der Waals surface area contributed by atoms with Crippen molar-refractivity contribution in [2.45, 2.75) is 18.7 Å². The average molecular weight is 387 g/mol. The first kappa shape index (κ1) is 14.7. The lowest BCUT2D eigenvalue weighted by molar-refractivity contribution is -0.275. The second-order valence-corrected chi connectivity index (χ2v) is 4.21. The fraction of sp³-hybridized carbons (Fsp3) is 0.375. The maximum Gasteiger partial charge on any atom is 0.573 e. The van der Waals surface area contributed by atoms with Gasteiger partial charge in [-0.15, -0.1) is 24.8 Å². The molecule has 0 bridgehead atoms. The van der Waals surface area contributed by atoms with Crippen molar-refractivity contribution in [2.24, 2.45) is 0 Å². The third-order valence-corrected chi connectivity index (χ3v) is 2.69. The second-order valence-electron chi connectivity index (χ2n) is 2.78. The Morgan fingerprint density at radius 1 is 1.41 bits per heavy atom. The SMILES string of the molecule is FC(F)c1c(CCl)ncc(I)c1OC(F)(F)F. The molecule has 0 fully saturated rings. The van der Waals surface area contributed by atoms with Crippen LogP contribution in [0.15, 0.2) is 6.20 Å². The highest BCUT2D eigenvalue weighted by molar-refractivity contribution is 14.1. The molecule has 0 N–H and O–H groups in total. The first-order chi connectivity index (χ1) is 7.76. The molecule has 1 rings (SSSR count). The monoisotopic (exact) mass is 387 g/mol. The van der Waals surface area contributed by atoms with Crippen molar-refractivity contribution >= 4 is 34.2 Å². The molecule has 1 aromatic heterocycles. The molecular formula is C8H4ClF5INO. The van der Waals surface area contributed by atoms with Crippen LogP contribution < -0.4 is 4.74 Å². The molecular weight excluding hydrogens is 383 g/mol. The van der Waals surface area contributed by atoms with Crippen LogP contribution in [0.3, 0.4) is 0 Å². The van der Waals surface area contributed by atoms with Gasteiger partial charge >= 0.3 is 6.36 Å². The van der Waals surface area contributed by atoms with Crippen LogP contribution >= 0.6 is 34.2 Å². The van der Waals surface area contributed by atoms with Crippen LogP contribution in [0.4, 0.5) is 22.0 Å². The number of halogens is 7. The molecule has 0 aliphatic carbocycles. The highest BCUT2D eigenvalue weighted by atomic mass is 127. The number of hydrogen-bond donors (Lipinski definition) is 0. The van der Waals surface area contributed by atoms with E-state index in [-0.39, 0.29) is 9.26 Å². The van der Waals surface area contributed by atoms with Gasteiger partial charge in [-0.3, -0.25) is 4.98 Å². The standard InChI is InChI=1S/C8H4ClF5INO/c9-1-4-5(7(10)11)6(3(15)2-16-4)17-8(12,13)14/h2,7H,1H2. The predicted molar refractivity (Wildman–Crippen MR) is 58.2 cm³/mol. The number of aromatic nitrogens is 1. The Morgan fingerprint density at radius 2 is 2.00 bits per heavy atom. The van der Waals surface area contributed by atoms with Crippen LogP contribution in [-0.2, 0) is 5.88 Å². The highest BCUT2D eigenvalue weighted by Crippen LogP contribution is 2.38. The maximum absolute atomic E-state index is 12.7. The topological polar surface area (TPSA) is 22.1 Å². The van der Waals surface area contributed by atoms with Crippen LogP contribution in [0.2, 0.25) is 0 Å². The summed E-state index contributed by atoms with van der Waals surface area (Å²) in [5.41, 5.74) is -1.26. The lowest BCUT2D eigenvalue weighted by Crippen LogP contribution is -2.20. The van der Waals surface area contributed by atoms with E-state index in [4.69, 9.17) is 11.6 Å². The minimum atomic E-state index is -5.05. The van der Waals surface area contributed by atoms with Crippen LogP contribution in [0, 0.1) is 3.57 Å². The van der Waals surface area contributed by atoms with Crippen molar-refractivity contribution < 1.29 is 26.7 Å². The van der Waals surface area contributed by atoms with Gasteiger partial charge < -0.3 is 4.74 Å². The van der Waals surface area contributed by atoms with E-state index in [0.717, 1.165) is 6.20 Å². The number of hydrogen-bond acceptors (Lipinski definition) is 2. The van der Waals surface area contributed by atoms with Crippen molar-refractivity contribution in [1.82, 2.24) is 4.98 Å². The lowest BCUT2D eigenvalue weighted by Gasteiger charge is -2.16. The summed E-state index contributed by atoms with van der Waals surface area (Å²) in [5.74, 6) is -1.37. The van der Waals surface area contributed by atoms with Crippen molar-refractivity contribution in [3.05, 3.63) is 21.0 Å². The van der Waals surface area contributed by atoms with E-state index in [1.807, 2.05) is 0 Å². The summed E-state index contributed by atoms with van der Waals surface area (Å²) in [7, 11) is 0. The molecule has 0 aliphatic rings. The number of rotatable bonds is 3. The molecule has 0 aliphatic heterocycles. The van der Waals surface area contributed by atoms with Gasteiger partial charge in [0.2, 0.25) is 0 Å². The second kappa shape index (κ2) is 5.51. The Labute approximate surface area is 111 Å². The predicted octanol–water partition coefficient (Wildman–Crippen LogP) is 4.26. The van der Waals surface area contributed by atoms with Gasteiger partial charge in [-0.25, -0.2) is 8.78 Å². The first-order valence-electron chi connectivity index (χ1n) is 4.03. The highest BCUT2D eigenvalue weighted by Gasteiger charge is 2.35. The molecule has 0 spiro atoms. The number of alkyl halides is 6. The lowest BCUT2D eigenvalue weighted by atomic mass is 10.2. The molecule has 0 atom stereocenters. The van der Waals surface area contributed by atoms with E-state index in [2.05, 4.69) is 9.72 Å². The first-order valence-corrected chi connectivity index (χ1v) is 5.64. The van der Waals surface area contributed by atoms with Gasteiger partial charge in [0.25, 0.3) is 6.43 Å². The number of nitrogens with zero attached hydrogens (tertiary/aromatic N) is 1. The van der Waals surface area contributed by atoms with Crippen molar-refractivity contribution in [2.75, 3.05) is 0 Å². The van der Waals surface area contributed by atoms with E-state index < -0.39 is 30.0 Å². The zero-order valence-corrected chi connectivity index (χ0v) is 10.8. The zero-order chi connectivity index (χ0) is 13.2. The Hall–Kier alpha value is -0.380. The summed E-state index contributed by atoms with van der Waals surface area (Å²) in [5, 5.41) is 0. The van der Waals surface area contributed by atoms with Gasteiger partial charge in [0.05, 0.1) is 20.7 Å². The molecule has 0 saturated heterocycles. The van der Waals surface area contributed by atoms with E-state index in [1.165, 1.54) is 22.6 Å². The molecule has 17 heavy (non-hydrogen) atoms. The van der Waals surface area contributed by atoms with Gasteiger partial charge in [0.1, 0.15) is 0 Å². The molecule has 0 unspecified atom stereocenters. The van der Waals surface area contributed by atoms with E-state index >= 15 is 0 Å². The summed E-state index contributed by atoms with van der Waals surface area (Å²) >= 11 is 6.77. The van der Waals surface area contributed by atoms with Gasteiger partial charge in [-0.1, -0.05) is 0 Å². The van der Waals surface area contributed by atoms with Gasteiger partial charge in [-0.2, -0.15) is 0 Å². The summed E-state index contributed by atoms with van der Waals surface area (Å²) in [6, 6.07) is 0. The minimum absolute atomic E-state index is 0.163. The molecule has 0 aromatic carbocycles. The Morgan fingerprint density at radius 3 is 2.41 bits per heavy atom. The minimum Gasteiger partial charge on any atom is -0.404 e. The molecule has 96 valence electrons. The Balaban J connectivity index is 3.34. The number of pyridine rings is 1. The summed E-state index contributed by atoms with van der Waals surface area (Å²) < 4.78 is 65.0. The zero-order valence-electron chi connectivity index (χ0n) is 7.86. The fourth-order valence-corrected chi connectivity index (χ4v) is 1.83. The Bertz CT molecular complexity index is 412. The summed E-state index contributed by atoms with van der Waals surface area (Å²) in [6.07, 6.45) is -7.21. The average Bonchev–Trinajstić information content (AvgIpc) is 2.18. The van der Waals surface area contributed by atoms with Gasteiger partial charge in [-0.05, 0) is 22.6 Å². The van der Waals surface area contributed by atoms with Gasteiger partial charge in [0.15, 0.2) is 5.75 Å². The van der Waals surface area contributed by atoms with Crippen LogP contribution in [0.25, 0.3) is 0 Å². The Kier molecular flexibility index (Phi) is 4.76. The molecule has 1 aromatic rings.